The van der Waals surface area contributed by atoms with Crippen LogP contribution in [-0.4, -0.2) is 23.6 Å². The van der Waals surface area contributed by atoms with E-state index < -0.39 is 35.0 Å². The van der Waals surface area contributed by atoms with Crippen LogP contribution in [0.15, 0.2) is 91.0 Å². The van der Waals surface area contributed by atoms with Crippen LogP contribution in [0.5, 0.6) is 0 Å². The van der Waals surface area contributed by atoms with E-state index in [2.05, 4.69) is 0 Å². The van der Waals surface area contributed by atoms with Crippen LogP contribution in [0.1, 0.15) is 5.56 Å². The lowest BCUT2D eigenvalue weighted by Gasteiger charge is -2.53. The third-order valence-corrected chi connectivity index (χ3v) is 9.03. The number of carbonyl (C=O) groups is 4. The second kappa shape index (κ2) is 8.13. The molecule has 3 aromatic rings. The molecule has 2 bridgehead atoms. The zero-order valence-electron chi connectivity index (χ0n) is 19.8. The van der Waals surface area contributed by atoms with E-state index in [9.17, 15) is 19.2 Å². The lowest BCUT2D eigenvalue weighted by atomic mass is 9.45. The van der Waals surface area contributed by atoms with Crippen LogP contribution in [-0.2, 0) is 24.6 Å². The Morgan fingerprint density at radius 1 is 0.605 bits per heavy atom. The van der Waals surface area contributed by atoms with Gasteiger partial charge in [0.15, 0.2) is 0 Å². The molecule has 4 amide bonds. The van der Waals surface area contributed by atoms with Crippen molar-refractivity contribution >= 4 is 58.2 Å². The Morgan fingerprint density at radius 2 is 1.11 bits per heavy atom. The Labute approximate surface area is 228 Å². The molecule has 1 saturated carbocycles. The summed E-state index contributed by atoms with van der Waals surface area (Å²) in [6, 6.07) is 22.5. The van der Waals surface area contributed by atoms with Gasteiger partial charge in [0.2, 0.25) is 23.6 Å². The van der Waals surface area contributed by atoms with Crippen LogP contribution < -0.4 is 9.80 Å². The molecule has 2 heterocycles. The first-order chi connectivity index (χ1) is 18.3. The summed E-state index contributed by atoms with van der Waals surface area (Å²) in [6.45, 7) is 0. The molecule has 3 fully saturated rings. The largest absolute Gasteiger partial charge is 0.274 e. The first-order valence-corrected chi connectivity index (χ1v) is 13.1. The summed E-state index contributed by atoms with van der Waals surface area (Å²) in [5.41, 5.74) is 0.314. The lowest BCUT2D eigenvalue weighted by molar-refractivity contribution is -0.140. The fraction of sp³-hybridized carbons (Fsp3) is 0.200. The number of nitrogens with zero attached hydrogens (tertiary/aromatic N) is 2. The highest BCUT2D eigenvalue weighted by Gasteiger charge is 2.75. The van der Waals surface area contributed by atoms with E-state index in [0.29, 0.717) is 21.4 Å². The Bertz CT molecular complexity index is 1500. The molecule has 8 heteroatoms. The van der Waals surface area contributed by atoms with Crippen molar-refractivity contribution in [3.63, 3.8) is 0 Å². The maximum absolute atomic E-state index is 14.2. The monoisotopic (exact) mass is 542 g/mol. The number of hydrogen-bond acceptors (Lipinski definition) is 4. The van der Waals surface area contributed by atoms with Gasteiger partial charge in [-0.15, -0.1) is 0 Å². The second-order valence-electron chi connectivity index (χ2n) is 10.2. The third-order valence-electron chi connectivity index (χ3n) is 8.56. The Hall–Kier alpha value is -3.74. The van der Waals surface area contributed by atoms with Crippen LogP contribution in [0.25, 0.3) is 0 Å². The number of amides is 4. The van der Waals surface area contributed by atoms with Gasteiger partial charge in [0.1, 0.15) is 0 Å². The van der Waals surface area contributed by atoms with Gasteiger partial charge in [0, 0.05) is 21.4 Å². The van der Waals surface area contributed by atoms with Crippen LogP contribution in [0.2, 0.25) is 10.0 Å². The Balaban J connectivity index is 1.43. The number of carbonyl (C=O) groups excluding carboxylic acids is 4. The average molecular weight is 543 g/mol. The minimum Gasteiger partial charge on any atom is -0.274 e. The Kier molecular flexibility index (Phi) is 5.00. The summed E-state index contributed by atoms with van der Waals surface area (Å²) >= 11 is 12.4. The van der Waals surface area contributed by atoms with Crippen molar-refractivity contribution in [2.24, 2.45) is 29.6 Å². The second-order valence-corrected chi connectivity index (χ2v) is 11.1. The number of halogens is 2. The van der Waals surface area contributed by atoms with Crippen molar-refractivity contribution in [2.75, 3.05) is 9.80 Å². The van der Waals surface area contributed by atoms with E-state index in [-0.39, 0.29) is 23.6 Å². The normalized spacial score (nSPS) is 31.3. The summed E-state index contributed by atoms with van der Waals surface area (Å²) in [4.78, 5) is 58.8. The highest BCUT2D eigenvalue weighted by Crippen LogP contribution is 2.65. The first kappa shape index (κ1) is 23.4. The fourth-order valence-electron chi connectivity index (χ4n) is 7.22. The van der Waals surface area contributed by atoms with Crippen LogP contribution in [0.4, 0.5) is 11.4 Å². The molecule has 2 saturated heterocycles. The van der Waals surface area contributed by atoms with E-state index in [4.69, 9.17) is 23.2 Å². The van der Waals surface area contributed by atoms with E-state index in [1.54, 1.807) is 48.5 Å². The third kappa shape index (κ3) is 2.90. The molecule has 38 heavy (non-hydrogen) atoms. The van der Waals surface area contributed by atoms with Gasteiger partial charge in [-0.3, -0.25) is 19.2 Å². The zero-order valence-corrected chi connectivity index (χ0v) is 21.3. The van der Waals surface area contributed by atoms with Gasteiger partial charge < -0.3 is 0 Å². The molecule has 3 aliphatic carbocycles. The van der Waals surface area contributed by atoms with Gasteiger partial charge in [-0.25, -0.2) is 9.80 Å². The van der Waals surface area contributed by atoms with Gasteiger partial charge in [-0.1, -0.05) is 77.8 Å². The zero-order chi connectivity index (χ0) is 26.3. The van der Waals surface area contributed by atoms with Gasteiger partial charge in [-0.2, -0.15) is 0 Å². The molecule has 0 aromatic heterocycles. The minimum absolute atomic E-state index is 0.378. The smallest absolute Gasteiger partial charge is 0.238 e. The molecule has 6 atom stereocenters. The summed E-state index contributed by atoms with van der Waals surface area (Å²) in [6.07, 6.45) is 3.77. The number of benzene rings is 3. The standard InChI is InChI=1S/C30H20Cl2N2O4/c31-17-8-4-10-19(14-17)33-26(35)22-21-12-13-30(24(22)28(33)37,16-6-2-1-3-7-16)25-23(21)27(36)34(29(25)38)20-11-5-9-18(32)15-20/h1-15,21-25H/t21?,22-,23+,24-,25-,30?/m0/s1. The molecular formula is C30H20Cl2N2O4. The van der Waals surface area contributed by atoms with Crippen LogP contribution >= 0.6 is 23.2 Å². The van der Waals surface area contributed by atoms with Gasteiger partial charge in [0.25, 0.3) is 0 Å². The first-order valence-electron chi connectivity index (χ1n) is 12.4. The summed E-state index contributed by atoms with van der Waals surface area (Å²) in [5.74, 6) is -5.40. The van der Waals surface area contributed by atoms with Crippen molar-refractivity contribution in [2.45, 2.75) is 5.41 Å². The van der Waals surface area contributed by atoms with Crippen molar-refractivity contribution in [3.05, 3.63) is 107 Å². The van der Waals surface area contributed by atoms with E-state index >= 15 is 0 Å². The molecule has 6 nitrogen and oxygen atoms in total. The maximum atomic E-state index is 14.2. The van der Waals surface area contributed by atoms with E-state index in [0.717, 1.165) is 5.56 Å². The molecule has 5 aliphatic rings. The van der Waals surface area contributed by atoms with Gasteiger partial charge in [-0.05, 0) is 42.0 Å². The van der Waals surface area contributed by atoms with E-state index in [1.807, 2.05) is 42.5 Å². The molecule has 2 unspecified atom stereocenters. The molecular weight excluding hydrogens is 523 g/mol. The quantitative estimate of drug-likeness (QED) is 0.343. The summed E-state index contributed by atoms with van der Waals surface area (Å²) in [5, 5.41) is 0.799. The van der Waals surface area contributed by atoms with Crippen molar-refractivity contribution in [1.82, 2.24) is 0 Å². The SMILES string of the molecule is O=C1[C@@H]2C3C=CC(c4ccccc4)([C@@H]2C(=O)N1c1cccc(Cl)c1)[C@@H]1C(=O)N(c2cccc(Cl)c2)C(=O)[C@@H]31. The van der Waals surface area contributed by atoms with E-state index in [1.165, 1.54) is 9.80 Å². The topological polar surface area (TPSA) is 74.8 Å². The average Bonchev–Trinajstić information content (AvgIpc) is 3.36. The molecule has 0 radical (unpaired) electrons. The molecule has 0 spiro atoms. The predicted molar refractivity (Wildman–Crippen MR) is 143 cm³/mol. The van der Waals surface area contributed by atoms with Gasteiger partial charge >= 0.3 is 0 Å². The summed E-state index contributed by atoms with van der Waals surface area (Å²) < 4.78 is 0. The lowest BCUT2D eigenvalue weighted by Crippen LogP contribution is -2.60. The van der Waals surface area contributed by atoms with Crippen LogP contribution in [0.3, 0.4) is 0 Å². The molecule has 188 valence electrons. The van der Waals surface area contributed by atoms with Crippen LogP contribution in [0, 0.1) is 29.6 Å². The molecule has 0 N–H and O–H groups in total. The van der Waals surface area contributed by atoms with Gasteiger partial charge in [0.05, 0.1) is 35.0 Å². The van der Waals surface area contributed by atoms with Crippen molar-refractivity contribution < 1.29 is 19.2 Å². The highest BCUT2D eigenvalue weighted by molar-refractivity contribution is 6.32. The maximum Gasteiger partial charge on any atom is 0.238 e. The number of imide groups is 2. The number of allylic oxidation sites excluding steroid dienone is 2. The number of hydrogen-bond donors (Lipinski definition) is 0. The molecule has 3 aromatic carbocycles. The summed E-state index contributed by atoms with van der Waals surface area (Å²) in [7, 11) is 0. The highest BCUT2D eigenvalue weighted by atomic mass is 35.5. The Morgan fingerprint density at radius 3 is 1.58 bits per heavy atom. The van der Waals surface area contributed by atoms with Crippen molar-refractivity contribution in [3.8, 4) is 0 Å². The molecule has 2 aliphatic heterocycles. The fourth-order valence-corrected chi connectivity index (χ4v) is 7.59. The molecule has 8 rings (SSSR count). The predicted octanol–water partition coefficient (Wildman–Crippen LogP) is 5.04. The minimum atomic E-state index is -1.18. The number of anilines is 2. The van der Waals surface area contributed by atoms with Crippen molar-refractivity contribution in [1.29, 1.82) is 0 Å². The number of rotatable bonds is 3.